The van der Waals surface area contributed by atoms with E-state index in [4.69, 9.17) is 0 Å². The molecule has 0 saturated heterocycles. The molecule has 3 rings (SSSR count). The molecular weight excluding hydrogens is 208 g/mol. The highest BCUT2D eigenvalue weighted by atomic mass is 16.3. The van der Waals surface area contributed by atoms with Gasteiger partial charge in [0.1, 0.15) is 0 Å². The minimum absolute atomic E-state index is 0.471. The summed E-state index contributed by atoms with van der Waals surface area (Å²) in [6, 6.07) is 16.4. The van der Waals surface area contributed by atoms with Crippen LogP contribution in [0, 0.1) is 6.92 Å². The summed E-state index contributed by atoms with van der Waals surface area (Å²) in [4.78, 5) is 0. The molecule has 2 aromatic rings. The largest absolute Gasteiger partial charge is 0.384 e. The van der Waals surface area contributed by atoms with Crippen LogP contribution >= 0.6 is 0 Å². The molecular formula is C16H14O. The minimum atomic E-state index is -0.471. The molecule has 1 N–H and O–H groups in total. The van der Waals surface area contributed by atoms with Gasteiger partial charge in [0.05, 0.1) is 6.10 Å². The fourth-order valence-electron chi connectivity index (χ4n) is 2.37. The Balaban J connectivity index is 2.17. The highest BCUT2D eigenvalue weighted by Gasteiger charge is 2.22. The molecule has 0 saturated carbocycles. The van der Waals surface area contributed by atoms with Gasteiger partial charge >= 0.3 is 0 Å². The summed E-state index contributed by atoms with van der Waals surface area (Å²) < 4.78 is 0. The van der Waals surface area contributed by atoms with Gasteiger partial charge in [-0.1, -0.05) is 54.1 Å². The fourth-order valence-corrected chi connectivity index (χ4v) is 2.37. The molecule has 0 heterocycles. The van der Waals surface area contributed by atoms with E-state index in [1.165, 1.54) is 5.56 Å². The van der Waals surface area contributed by atoms with Crippen LogP contribution in [0.5, 0.6) is 0 Å². The molecule has 0 radical (unpaired) electrons. The second kappa shape index (κ2) is 3.86. The van der Waals surface area contributed by atoms with Crippen molar-refractivity contribution in [3.8, 4) is 0 Å². The number of hydrogen-bond donors (Lipinski definition) is 1. The Morgan fingerprint density at radius 1 is 1.00 bits per heavy atom. The van der Waals surface area contributed by atoms with E-state index < -0.39 is 6.10 Å². The Labute approximate surface area is 101 Å². The lowest BCUT2D eigenvalue weighted by molar-refractivity contribution is 0.232. The van der Waals surface area contributed by atoms with E-state index in [1.54, 1.807) is 0 Å². The quantitative estimate of drug-likeness (QED) is 0.783. The third-order valence-corrected chi connectivity index (χ3v) is 3.23. The summed E-state index contributed by atoms with van der Waals surface area (Å²) in [5.74, 6) is 0. The molecule has 0 unspecified atom stereocenters. The van der Waals surface area contributed by atoms with Gasteiger partial charge < -0.3 is 5.11 Å². The van der Waals surface area contributed by atoms with E-state index in [2.05, 4.69) is 25.1 Å². The van der Waals surface area contributed by atoms with Gasteiger partial charge in [-0.25, -0.2) is 0 Å². The second-order valence-electron chi connectivity index (χ2n) is 4.48. The van der Waals surface area contributed by atoms with E-state index in [9.17, 15) is 5.11 Å². The molecule has 1 atom stereocenters. The van der Waals surface area contributed by atoms with Gasteiger partial charge in [-0.2, -0.15) is 0 Å². The molecule has 0 spiro atoms. The SMILES string of the molecule is Cc1ccc2c(c1)C(c1ccccc1)=C[C@H]2O. The summed E-state index contributed by atoms with van der Waals surface area (Å²) in [5, 5.41) is 10.0. The predicted octanol–water partition coefficient (Wildman–Crippen LogP) is 3.47. The molecule has 1 aliphatic carbocycles. The average Bonchev–Trinajstić information content (AvgIpc) is 2.67. The molecule has 0 fully saturated rings. The summed E-state index contributed by atoms with van der Waals surface area (Å²) in [7, 11) is 0. The highest BCUT2D eigenvalue weighted by molar-refractivity contribution is 5.85. The maximum atomic E-state index is 10.0. The highest BCUT2D eigenvalue weighted by Crippen LogP contribution is 2.38. The third-order valence-electron chi connectivity index (χ3n) is 3.23. The van der Waals surface area contributed by atoms with Crippen molar-refractivity contribution in [2.45, 2.75) is 13.0 Å². The van der Waals surface area contributed by atoms with E-state index in [1.807, 2.05) is 36.4 Å². The molecule has 0 aromatic heterocycles. The van der Waals surface area contributed by atoms with Gasteiger partial charge in [0, 0.05) is 0 Å². The van der Waals surface area contributed by atoms with Gasteiger partial charge in [0.2, 0.25) is 0 Å². The van der Waals surface area contributed by atoms with Crippen LogP contribution in [0.2, 0.25) is 0 Å². The maximum absolute atomic E-state index is 10.0. The minimum Gasteiger partial charge on any atom is -0.384 e. The van der Waals surface area contributed by atoms with Gasteiger partial charge in [-0.15, -0.1) is 0 Å². The molecule has 1 heteroatoms. The average molecular weight is 222 g/mol. The van der Waals surface area contributed by atoms with Crippen molar-refractivity contribution in [1.82, 2.24) is 0 Å². The summed E-state index contributed by atoms with van der Waals surface area (Å²) >= 11 is 0. The van der Waals surface area contributed by atoms with Crippen LogP contribution in [-0.2, 0) is 0 Å². The standard InChI is InChI=1S/C16H14O/c1-11-7-8-13-15(9-11)14(10-16(13)17)12-5-3-2-4-6-12/h2-10,16-17H,1H3/t16-/m1/s1. The lowest BCUT2D eigenvalue weighted by atomic mass is 9.97. The Morgan fingerprint density at radius 2 is 1.76 bits per heavy atom. The summed E-state index contributed by atoms with van der Waals surface area (Å²) in [6.07, 6.45) is 1.46. The van der Waals surface area contributed by atoms with Gasteiger partial charge in [-0.05, 0) is 35.3 Å². The van der Waals surface area contributed by atoms with Crippen LogP contribution in [0.25, 0.3) is 5.57 Å². The number of fused-ring (bicyclic) bond motifs is 1. The number of rotatable bonds is 1. The van der Waals surface area contributed by atoms with E-state index in [-0.39, 0.29) is 0 Å². The van der Waals surface area contributed by atoms with Crippen molar-refractivity contribution in [3.05, 3.63) is 76.9 Å². The van der Waals surface area contributed by atoms with Gasteiger partial charge in [0.25, 0.3) is 0 Å². The van der Waals surface area contributed by atoms with Crippen LogP contribution in [0.3, 0.4) is 0 Å². The zero-order valence-corrected chi connectivity index (χ0v) is 9.72. The Kier molecular flexibility index (Phi) is 2.34. The van der Waals surface area contributed by atoms with Crippen molar-refractivity contribution in [3.63, 3.8) is 0 Å². The van der Waals surface area contributed by atoms with E-state index >= 15 is 0 Å². The van der Waals surface area contributed by atoms with Crippen LogP contribution in [0.4, 0.5) is 0 Å². The zero-order valence-electron chi connectivity index (χ0n) is 9.72. The Hall–Kier alpha value is -1.86. The van der Waals surface area contributed by atoms with Crippen LogP contribution < -0.4 is 0 Å². The van der Waals surface area contributed by atoms with Crippen molar-refractivity contribution in [1.29, 1.82) is 0 Å². The van der Waals surface area contributed by atoms with Crippen LogP contribution in [0.15, 0.2) is 54.6 Å². The van der Waals surface area contributed by atoms with E-state index in [0.717, 1.165) is 22.3 Å². The van der Waals surface area contributed by atoms with E-state index in [0.29, 0.717) is 0 Å². The zero-order chi connectivity index (χ0) is 11.8. The number of aliphatic hydroxyl groups is 1. The Bertz CT molecular complexity index is 582. The first-order valence-electron chi connectivity index (χ1n) is 5.82. The molecule has 0 aliphatic heterocycles. The second-order valence-corrected chi connectivity index (χ2v) is 4.48. The summed E-state index contributed by atoms with van der Waals surface area (Å²) in [6.45, 7) is 2.08. The first-order chi connectivity index (χ1) is 8.25. The first kappa shape index (κ1) is 10.3. The topological polar surface area (TPSA) is 20.2 Å². The van der Waals surface area contributed by atoms with Crippen molar-refractivity contribution >= 4 is 5.57 Å². The predicted molar refractivity (Wildman–Crippen MR) is 69.7 cm³/mol. The van der Waals surface area contributed by atoms with Gasteiger partial charge in [-0.3, -0.25) is 0 Å². The number of benzene rings is 2. The first-order valence-corrected chi connectivity index (χ1v) is 5.82. The van der Waals surface area contributed by atoms with Crippen molar-refractivity contribution in [2.75, 3.05) is 0 Å². The molecule has 0 amide bonds. The molecule has 1 nitrogen and oxygen atoms in total. The monoisotopic (exact) mass is 222 g/mol. The van der Waals surface area contributed by atoms with Gasteiger partial charge in [0.15, 0.2) is 0 Å². The maximum Gasteiger partial charge on any atom is 0.0986 e. The Morgan fingerprint density at radius 3 is 2.53 bits per heavy atom. The van der Waals surface area contributed by atoms with Crippen LogP contribution in [-0.4, -0.2) is 5.11 Å². The smallest absolute Gasteiger partial charge is 0.0986 e. The lowest BCUT2D eigenvalue weighted by Gasteiger charge is -2.07. The van der Waals surface area contributed by atoms with Crippen LogP contribution in [0.1, 0.15) is 28.4 Å². The normalized spacial score (nSPS) is 17.8. The van der Waals surface area contributed by atoms with Crippen molar-refractivity contribution in [2.24, 2.45) is 0 Å². The molecule has 1 aliphatic rings. The van der Waals surface area contributed by atoms with Crippen molar-refractivity contribution < 1.29 is 5.11 Å². The molecule has 0 bridgehead atoms. The number of aryl methyl sites for hydroxylation is 1. The number of hydrogen-bond acceptors (Lipinski definition) is 1. The molecule has 17 heavy (non-hydrogen) atoms. The summed E-state index contributed by atoms with van der Waals surface area (Å²) in [5.41, 5.74) is 5.69. The number of aliphatic hydroxyl groups excluding tert-OH is 1. The molecule has 84 valence electrons. The lowest BCUT2D eigenvalue weighted by Crippen LogP contribution is -1.91. The molecule has 2 aromatic carbocycles. The fraction of sp³-hybridized carbons (Fsp3) is 0.125. The third kappa shape index (κ3) is 1.69.